The summed E-state index contributed by atoms with van der Waals surface area (Å²) in [6, 6.07) is 3.93. The lowest BCUT2D eigenvalue weighted by atomic mass is 10.3. The minimum absolute atomic E-state index is 0.0938. The molecule has 1 aliphatic rings. The Bertz CT molecular complexity index is 415. The van der Waals surface area contributed by atoms with Crippen molar-refractivity contribution in [2.24, 2.45) is 0 Å². The molecule has 1 aromatic rings. The van der Waals surface area contributed by atoms with E-state index in [-0.39, 0.29) is 12.5 Å². The fraction of sp³-hybridized carbons (Fsp3) is 0.583. The molecule has 0 aromatic carbocycles. The lowest BCUT2D eigenvalue weighted by molar-refractivity contribution is 0.0821. The van der Waals surface area contributed by atoms with Crippen molar-refractivity contribution in [1.82, 2.24) is 15.1 Å². The zero-order chi connectivity index (χ0) is 13.1. The Balaban J connectivity index is 2.12. The smallest absolute Gasteiger partial charge is 0.273 e. The normalized spacial score (nSPS) is 14.4. The Kier molecular flexibility index (Phi) is 3.76. The summed E-state index contributed by atoms with van der Waals surface area (Å²) < 4.78 is 0. The molecule has 1 fully saturated rings. The maximum Gasteiger partial charge on any atom is 0.273 e. The van der Waals surface area contributed by atoms with Gasteiger partial charge in [0, 0.05) is 26.7 Å². The van der Waals surface area contributed by atoms with Crippen LogP contribution in [0.25, 0.3) is 0 Å². The van der Waals surface area contributed by atoms with Crippen LogP contribution in [0.5, 0.6) is 0 Å². The molecule has 0 radical (unpaired) electrons. The molecular formula is C12H18N4O2. The van der Waals surface area contributed by atoms with Crippen molar-refractivity contribution in [1.29, 1.82) is 0 Å². The first-order valence-electron chi connectivity index (χ1n) is 6.06. The highest BCUT2D eigenvalue weighted by Crippen LogP contribution is 2.29. The van der Waals surface area contributed by atoms with E-state index in [2.05, 4.69) is 10.2 Å². The van der Waals surface area contributed by atoms with Crippen LogP contribution in [0.3, 0.4) is 0 Å². The van der Waals surface area contributed by atoms with Crippen molar-refractivity contribution in [3.05, 3.63) is 17.8 Å². The summed E-state index contributed by atoms with van der Waals surface area (Å²) in [5.74, 6) is 0.566. The van der Waals surface area contributed by atoms with Crippen LogP contribution in [0.1, 0.15) is 23.3 Å². The Morgan fingerprint density at radius 3 is 2.56 bits per heavy atom. The number of aliphatic hydroxyl groups is 1. The van der Waals surface area contributed by atoms with Crippen LogP contribution in [0.4, 0.5) is 5.82 Å². The number of hydrogen-bond donors (Lipinski definition) is 1. The van der Waals surface area contributed by atoms with Gasteiger partial charge in [-0.25, -0.2) is 0 Å². The maximum atomic E-state index is 11.7. The second-order valence-corrected chi connectivity index (χ2v) is 4.62. The van der Waals surface area contributed by atoms with Crippen molar-refractivity contribution < 1.29 is 9.90 Å². The highest BCUT2D eigenvalue weighted by molar-refractivity contribution is 5.91. The van der Waals surface area contributed by atoms with E-state index in [0.717, 1.165) is 18.7 Å². The van der Waals surface area contributed by atoms with E-state index < -0.39 is 0 Å². The van der Waals surface area contributed by atoms with Crippen LogP contribution in [-0.4, -0.2) is 59.4 Å². The number of aliphatic hydroxyl groups excluding tert-OH is 1. The van der Waals surface area contributed by atoms with Crippen molar-refractivity contribution >= 4 is 11.7 Å². The van der Waals surface area contributed by atoms with Gasteiger partial charge in [0.05, 0.1) is 6.61 Å². The first kappa shape index (κ1) is 12.8. The number of anilines is 1. The van der Waals surface area contributed by atoms with E-state index >= 15 is 0 Å². The molecule has 0 atom stereocenters. The van der Waals surface area contributed by atoms with Gasteiger partial charge in [0.25, 0.3) is 5.91 Å². The van der Waals surface area contributed by atoms with Gasteiger partial charge in [-0.05, 0) is 25.0 Å². The van der Waals surface area contributed by atoms with E-state index in [1.54, 1.807) is 26.2 Å². The molecule has 6 heteroatoms. The third-order valence-electron chi connectivity index (χ3n) is 2.90. The zero-order valence-electron chi connectivity index (χ0n) is 10.7. The number of carbonyl (C=O) groups is 1. The Morgan fingerprint density at radius 1 is 1.39 bits per heavy atom. The predicted molar refractivity (Wildman–Crippen MR) is 67.5 cm³/mol. The first-order chi connectivity index (χ1) is 8.63. The van der Waals surface area contributed by atoms with Crippen molar-refractivity contribution in [2.45, 2.75) is 18.9 Å². The molecule has 0 aliphatic heterocycles. The molecular weight excluding hydrogens is 232 g/mol. The average molecular weight is 250 g/mol. The van der Waals surface area contributed by atoms with Gasteiger partial charge in [-0.2, -0.15) is 0 Å². The van der Waals surface area contributed by atoms with Crippen LogP contribution in [-0.2, 0) is 0 Å². The van der Waals surface area contributed by atoms with Crippen molar-refractivity contribution in [3.8, 4) is 0 Å². The van der Waals surface area contributed by atoms with Crippen LogP contribution < -0.4 is 4.90 Å². The number of rotatable bonds is 5. The molecule has 1 aliphatic carbocycles. The highest BCUT2D eigenvalue weighted by Gasteiger charge is 2.29. The molecule has 2 rings (SSSR count). The minimum atomic E-state index is -0.158. The number of carbonyl (C=O) groups excluding carboxylic acids is 1. The molecule has 6 nitrogen and oxygen atoms in total. The first-order valence-corrected chi connectivity index (χ1v) is 6.06. The number of amides is 1. The molecule has 1 amide bonds. The van der Waals surface area contributed by atoms with Gasteiger partial charge in [0.15, 0.2) is 11.5 Å². The van der Waals surface area contributed by atoms with Gasteiger partial charge in [-0.1, -0.05) is 0 Å². The van der Waals surface area contributed by atoms with Gasteiger partial charge < -0.3 is 14.9 Å². The fourth-order valence-electron chi connectivity index (χ4n) is 1.80. The fourth-order valence-corrected chi connectivity index (χ4v) is 1.80. The monoisotopic (exact) mass is 250 g/mol. The Hall–Kier alpha value is -1.69. The Morgan fingerprint density at radius 2 is 2.11 bits per heavy atom. The lowest BCUT2D eigenvalue weighted by Crippen LogP contribution is -2.30. The number of aromatic nitrogens is 2. The van der Waals surface area contributed by atoms with Crippen LogP contribution in [0, 0.1) is 0 Å². The zero-order valence-corrected chi connectivity index (χ0v) is 10.7. The molecule has 1 heterocycles. The molecule has 98 valence electrons. The maximum absolute atomic E-state index is 11.7. The summed E-state index contributed by atoms with van der Waals surface area (Å²) in [5, 5.41) is 17.1. The summed E-state index contributed by atoms with van der Waals surface area (Å²) in [6.07, 6.45) is 2.25. The molecule has 0 bridgehead atoms. The predicted octanol–water partition coefficient (Wildman–Crippen LogP) is 0.139. The van der Waals surface area contributed by atoms with Crippen LogP contribution in [0.2, 0.25) is 0 Å². The van der Waals surface area contributed by atoms with E-state index in [0.29, 0.717) is 18.3 Å². The lowest BCUT2D eigenvalue weighted by Gasteiger charge is -2.21. The minimum Gasteiger partial charge on any atom is -0.395 e. The van der Waals surface area contributed by atoms with Gasteiger partial charge in [0.2, 0.25) is 0 Å². The van der Waals surface area contributed by atoms with Crippen LogP contribution in [0.15, 0.2) is 12.1 Å². The van der Waals surface area contributed by atoms with Gasteiger partial charge in [-0.3, -0.25) is 4.79 Å². The number of hydrogen-bond acceptors (Lipinski definition) is 5. The molecule has 1 saturated carbocycles. The standard InChI is InChI=1S/C12H18N4O2/c1-15(2)12(18)10-5-6-11(14-13-10)16(7-8-17)9-3-4-9/h5-6,9,17H,3-4,7-8H2,1-2H3. The summed E-state index contributed by atoms with van der Waals surface area (Å²) in [5.41, 5.74) is 0.337. The molecule has 1 N–H and O–H groups in total. The SMILES string of the molecule is CN(C)C(=O)c1ccc(N(CCO)C2CC2)nn1. The largest absolute Gasteiger partial charge is 0.395 e. The summed E-state index contributed by atoms with van der Waals surface area (Å²) >= 11 is 0. The van der Waals surface area contributed by atoms with E-state index in [9.17, 15) is 4.79 Å². The average Bonchev–Trinajstić information content (AvgIpc) is 3.19. The highest BCUT2D eigenvalue weighted by atomic mass is 16.3. The third-order valence-corrected chi connectivity index (χ3v) is 2.90. The third kappa shape index (κ3) is 2.76. The number of nitrogens with zero attached hydrogens (tertiary/aromatic N) is 4. The van der Waals surface area contributed by atoms with Crippen LogP contribution >= 0.6 is 0 Å². The van der Waals surface area contributed by atoms with Gasteiger partial charge in [-0.15, -0.1) is 10.2 Å². The quantitative estimate of drug-likeness (QED) is 0.805. The summed E-state index contributed by atoms with van der Waals surface area (Å²) in [6.45, 7) is 0.650. The molecule has 0 saturated heterocycles. The molecule has 0 unspecified atom stereocenters. The summed E-state index contributed by atoms with van der Waals surface area (Å²) in [7, 11) is 3.36. The second-order valence-electron chi connectivity index (χ2n) is 4.62. The second kappa shape index (κ2) is 5.30. The van der Waals surface area contributed by atoms with Crippen molar-refractivity contribution in [2.75, 3.05) is 32.1 Å². The van der Waals surface area contributed by atoms with E-state index in [1.165, 1.54) is 4.90 Å². The molecule has 0 spiro atoms. The van der Waals surface area contributed by atoms with Gasteiger partial charge >= 0.3 is 0 Å². The Labute approximate surface area is 106 Å². The van der Waals surface area contributed by atoms with E-state index in [1.807, 2.05) is 4.90 Å². The topological polar surface area (TPSA) is 69.6 Å². The van der Waals surface area contributed by atoms with Gasteiger partial charge in [0.1, 0.15) is 0 Å². The molecule has 1 aromatic heterocycles. The van der Waals surface area contributed by atoms with E-state index in [4.69, 9.17) is 5.11 Å². The van der Waals surface area contributed by atoms with Crippen molar-refractivity contribution in [3.63, 3.8) is 0 Å². The summed E-state index contributed by atoms with van der Waals surface area (Å²) in [4.78, 5) is 15.2. The molecule has 18 heavy (non-hydrogen) atoms.